The van der Waals surface area contributed by atoms with Gasteiger partial charge in [0.05, 0.1) is 0 Å². The number of nitrogens with zero attached hydrogens (tertiary/aromatic N) is 1. The Balaban J connectivity index is -0.000000405. The van der Waals surface area contributed by atoms with E-state index in [0.717, 1.165) is 19.6 Å². The smallest absolute Gasteiger partial charge is 0.0348 e. The van der Waals surface area contributed by atoms with Crippen molar-refractivity contribution in [1.29, 1.82) is 0 Å². The lowest BCUT2D eigenvalue weighted by Crippen LogP contribution is -2.22. The molecule has 12 heavy (non-hydrogen) atoms. The summed E-state index contributed by atoms with van der Waals surface area (Å²) in [4.78, 5) is 2.18. The molecule has 0 aromatic carbocycles. The monoisotopic (exact) mass is 236 g/mol. The fraction of sp³-hybridized carbons (Fsp3) is 1.00. The summed E-state index contributed by atoms with van der Waals surface area (Å²) in [7, 11) is 4.17. The Morgan fingerprint density at radius 2 is 1.75 bits per heavy atom. The van der Waals surface area contributed by atoms with Crippen LogP contribution in [0.15, 0.2) is 0 Å². The van der Waals surface area contributed by atoms with E-state index in [1.807, 2.05) is 0 Å². The van der Waals surface area contributed by atoms with E-state index < -0.39 is 0 Å². The van der Waals surface area contributed by atoms with Crippen LogP contribution in [-0.4, -0.2) is 44.5 Å². The largest absolute Gasteiger partial charge is 0.315 e. The molecule has 0 amide bonds. The molecule has 0 saturated carbocycles. The van der Waals surface area contributed by atoms with Crippen molar-refractivity contribution < 1.29 is 0 Å². The zero-order valence-corrected chi connectivity index (χ0v) is 10.1. The molecule has 0 aromatic heterocycles. The SMILES string of the molecule is CN(C)CCCNCCCl.Cl.Cl. The van der Waals surface area contributed by atoms with Gasteiger partial charge < -0.3 is 10.2 Å². The average Bonchev–Trinajstić information content (AvgIpc) is 1.87. The first kappa shape index (κ1) is 18.5. The zero-order valence-electron chi connectivity index (χ0n) is 7.68. The molecule has 0 spiro atoms. The standard InChI is InChI=1S/C7H17ClN2.2ClH/c1-10(2)7-3-5-9-6-4-8;;/h9H,3-7H2,1-2H3;2*1H. The van der Waals surface area contributed by atoms with Gasteiger partial charge >= 0.3 is 0 Å². The van der Waals surface area contributed by atoms with Crippen molar-refractivity contribution in [3.63, 3.8) is 0 Å². The molecule has 0 atom stereocenters. The minimum atomic E-state index is 0. The Morgan fingerprint density at radius 3 is 2.17 bits per heavy atom. The van der Waals surface area contributed by atoms with Crippen molar-refractivity contribution in [3.8, 4) is 0 Å². The second-order valence-corrected chi connectivity index (χ2v) is 2.97. The molecule has 0 aliphatic rings. The molecular weight excluding hydrogens is 218 g/mol. The predicted molar refractivity (Wildman–Crippen MR) is 61.3 cm³/mol. The van der Waals surface area contributed by atoms with E-state index in [1.165, 1.54) is 6.42 Å². The van der Waals surface area contributed by atoms with Crippen LogP contribution in [0.4, 0.5) is 0 Å². The molecule has 0 aliphatic carbocycles. The summed E-state index contributed by atoms with van der Waals surface area (Å²) in [6.07, 6.45) is 1.20. The number of nitrogens with one attached hydrogen (secondary N) is 1. The fourth-order valence-electron chi connectivity index (χ4n) is 0.712. The Bertz CT molecular complexity index is 71.7. The molecule has 0 fully saturated rings. The maximum absolute atomic E-state index is 5.47. The molecule has 78 valence electrons. The van der Waals surface area contributed by atoms with Gasteiger partial charge in [-0.3, -0.25) is 0 Å². The maximum Gasteiger partial charge on any atom is 0.0348 e. The summed E-state index contributed by atoms with van der Waals surface area (Å²) in [5, 5.41) is 3.23. The van der Waals surface area contributed by atoms with Crippen LogP contribution in [-0.2, 0) is 0 Å². The summed E-state index contributed by atoms with van der Waals surface area (Å²) in [5.41, 5.74) is 0. The van der Waals surface area contributed by atoms with Gasteiger partial charge in [-0.2, -0.15) is 0 Å². The Morgan fingerprint density at radius 1 is 1.17 bits per heavy atom. The van der Waals surface area contributed by atoms with Crippen molar-refractivity contribution in [2.45, 2.75) is 6.42 Å². The van der Waals surface area contributed by atoms with Crippen LogP contribution in [0, 0.1) is 0 Å². The molecule has 0 rings (SSSR count). The van der Waals surface area contributed by atoms with Crippen LogP contribution in [0.2, 0.25) is 0 Å². The van der Waals surface area contributed by atoms with Crippen molar-refractivity contribution in [2.24, 2.45) is 0 Å². The zero-order chi connectivity index (χ0) is 7.82. The van der Waals surface area contributed by atoms with Crippen LogP contribution < -0.4 is 5.32 Å². The maximum atomic E-state index is 5.47. The summed E-state index contributed by atoms with van der Waals surface area (Å²) in [5.74, 6) is 0.710. The fourth-order valence-corrected chi connectivity index (χ4v) is 0.846. The van der Waals surface area contributed by atoms with Crippen molar-refractivity contribution >= 4 is 36.4 Å². The second-order valence-electron chi connectivity index (χ2n) is 2.60. The molecular formula is C7H19Cl3N2. The molecule has 0 unspecified atom stereocenters. The average molecular weight is 238 g/mol. The summed E-state index contributed by atoms with van der Waals surface area (Å²) in [6.45, 7) is 3.15. The lowest BCUT2D eigenvalue weighted by atomic mass is 10.4. The highest BCUT2D eigenvalue weighted by molar-refractivity contribution is 6.18. The molecule has 2 nitrogen and oxygen atoms in total. The van der Waals surface area contributed by atoms with Crippen LogP contribution in [0.25, 0.3) is 0 Å². The Hall–Kier alpha value is 0.790. The third-order valence-electron chi connectivity index (χ3n) is 1.23. The molecule has 0 aromatic rings. The quantitative estimate of drug-likeness (QED) is 0.558. The van der Waals surface area contributed by atoms with Gasteiger partial charge in [-0.15, -0.1) is 36.4 Å². The minimum Gasteiger partial charge on any atom is -0.315 e. The normalized spacial score (nSPS) is 9.00. The summed E-state index contributed by atoms with van der Waals surface area (Å²) < 4.78 is 0. The Labute approximate surface area is 92.8 Å². The molecule has 0 radical (unpaired) electrons. The first-order chi connectivity index (χ1) is 4.77. The number of alkyl halides is 1. The van der Waals surface area contributed by atoms with Gasteiger partial charge in [-0.1, -0.05) is 0 Å². The number of hydrogen-bond acceptors (Lipinski definition) is 2. The van der Waals surface area contributed by atoms with Crippen molar-refractivity contribution in [2.75, 3.05) is 39.6 Å². The Kier molecular flexibility index (Phi) is 22.1. The molecule has 5 heteroatoms. The highest BCUT2D eigenvalue weighted by Gasteiger charge is 1.88. The van der Waals surface area contributed by atoms with E-state index in [2.05, 4.69) is 24.3 Å². The first-order valence-corrected chi connectivity index (χ1v) is 4.22. The lowest BCUT2D eigenvalue weighted by molar-refractivity contribution is 0.395. The van der Waals surface area contributed by atoms with E-state index in [9.17, 15) is 0 Å². The highest BCUT2D eigenvalue weighted by atomic mass is 35.5. The van der Waals surface area contributed by atoms with E-state index >= 15 is 0 Å². The van der Waals surface area contributed by atoms with Gasteiger partial charge in [-0.25, -0.2) is 0 Å². The van der Waals surface area contributed by atoms with Crippen LogP contribution in [0.1, 0.15) is 6.42 Å². The summed E-state index contributed by atoms with van der Waals surface area (Å²) >= 11 is 5.47. The van der Waals surface area contributed by atoms with E-state index in [0.29, 0.717) is 5.88 Å². The van der Waals surface area contributed by atoms with Gasteiger partial charge in [0.15, 0.2) is 0 Å². The summed E-state index contributed by atoms with van der Waals surface area (Å²) in [6, 6.07) is 0. The molecule has 0 aliphatic heterocycles. The molecule has 0 heterocycles. The van der Waals surface area contributed by atoms with E-state index in [4.69, 9.17) is 11.6 Å². The lowest BCUT2D eigenvalue weighted by Gasteiger charge is -2.08. The third-order valence-corrected chi connectivity index (χ3v) is 1.42. The highest BCUT2D eigenvalue weighted by Crippen LogP contribution is 1.80. The molecule has 0 bridgehead atoms. The number of halogens is 3. The topological polar surface area (TPSA) is 15.3 Å². The van der Waals surface area contributed by atoms with Gasteiger partial charge in [0, 0.05) is 12.4 Å². The van der Waals surface area contributed by atoms with Crippen molar-refractivity contribution in [3.05, 3.63) is 0 Å². The molecule has 1 N–H and O–H groups in total. The van der Waals surface area contributed by atoms with E-state index in [-0.39, 0.29) is 24.8 Å². The minimum absolute atomic E-state index is 0. The first-order valence-electron chi connectivity index (χ1n) is 3.69. The van der Waals surface area contributed by atoms with Crippen LogP contribution in [0.3, 0.4) is 0 Å². The van der Waals surface area contributed by atoms with Gasteiger partial charge in [0.2, 0.25) is 0 Å². The predicted octanol–water partition coefficient (Wildman–Crippen LogP) is 1.61. The van der Waals surface area contributed by atoms with Gasteiger partial charge in [0.1, 0.15) is 0 Å². The van der Waals surface area contributed by atoms with Crippen LogP contribution >= 0.6 is 36.4 Å². The van der Waals surface area contributed by atoms with Gasteiger partial charge in [0.25, 0.3) is 0 Å². The van der Waals surface area contributed by atoms with Gasteiger partial charge in [-0.05, 0) is 33.6 Å². The third kappa shape index (κ3) is 17.0. The number of hydrogen-bond donors (Lipinski definition) is 1. The number of rotatable bonds is 6. The molecule has 0 saturated heterocycles. The van der Waals surface area contributed by atoms with Crippen LogP contribution in [0.5, 0.6) is 0 Å². The second kappa shape index (κ2) is 14.3. The van der Waals surface area contributed by atoms with E-state index in [1.54, 1.807) is 0 Å². The van der Waals surface area contributed by atoms with Crippen molar-refractivity contribution in [1.82, 2.24) is 10.2 Å².